The normalized spacial score (nSPS) is 12.2. The second-order valence-electron chi connectivity index (χ2n) is 7.67. The van der Waals surface area contributed by atoms with Crippen LogP contribution in [0.25, 0.3) is 0 Å². The van der Waals surface area contributed by atoms with Crippen LogP contribution in [0.4, 0.5) is 5.69 Å². The molecule has 0 bridgehead atoms. The van der Waals surface area contributed by atoms with Crippen molar-refractivity contribution in [3.63, 3.8) is 0 Å². The molecule has 0 fully saturated rings. The number of aryl methyl sites for hydroxylation is 1. The highest BCUT2D eigenvalue weighted by molar-refractivity contribution is 5.90. The summed E-state index contributed by atoms with van der Waals surface area (Å²) in [6, 6.07) is 7.80. The third kappa shape index (κ3) is 9.58. The van der Waals surface area contributed by atoms with Gasteiger partial charge < -0.3 is 20.5 Å². The second-order valence-corrected chi connectivity index (χ2v) is 7.67. The second kappa shape index (κ2) is 9.90. The van der Waals surface area contributed by atoms with Crippen molar-refractivity contribution in [1.82, 2.24) is 0 Å². The zero-order valence-electron chi connectivity index (χ0n) is 16.4. The zero-order chi connectivity index (χ0) is 18.9. The number of nitrogens with two attached hydrogens (primary N) is 1. The number of carbonyl (C=O) groups is 1. The van der Waals surface area contributed by atoms with E-state index in [1.807, 2.05) is 58.9 Å². The number of hydrogen-bond acceptors (Lipinski definition) is 4. The number of amides is 1. The summed E-state index contributed by atoms with van der Waals surface area (Å²) in [4.78, 5) is 12.1. The van der Waals surface area contributed by atoms with Crippen molar-refractivity contribution in [3.05, 3.63) is 29.8 Å². The van der Waals surface area contributed by atoms with Crippen LogP contribution in [-0.2, 0) is 14.3 Å². The molecule has 1 aromatic rings. The van der Waals surface area contributed by atoms with Gasteiger partial charge in [0.25, 0.3) is 0 Å². The molecule has 25 heavy (non-hydrogen) atoms. The van der Waals surface area contributed by atoms with Gasteiger partial charge in [-0.2, -0.15) is 0 Å². The predicted octanol–water partition coefficient (Wildman–Crippen LogP) is 3.65. The van der Waals surface area contributed by atoms with Crippen LogP contribution in [0.3, 0.4) is 0 Å². The van der Waals surface area contributed by atoms with Gasteiger partial charge in [0.2, 0.25) is 5.91 Å². The smallest absolute Gasteiger partial charge is 0.224 e. The van der Waals surface area contributed by atoms with E-state index < -0.39 is 0 Å². The van der Waals surface area contributed by atoms with Gasteiger partial charge in [0.05, 0.1) is 24.4 Å². The van der Waals surface area contributed by atoms with E-state index in [4.69, 9.17) is 15.2 Å². The quantitative estimate of drug-likeness (QED) is 0.639. The molecule has 3 N–H and O–H groups in total. The molecule has 5 heteroatoms. The Bertz CT molecular complexity index is 524. The third-order valence-corrected chi connectivity index (χ3v) is 4.10. The Labute approximate surface area is 152 Å². The number of carbonyl (C=O) groups excluding carboxylic acids is 1. The fourth-order valence-corrected chi connectivity index (χ4v) is 2.33. The summed E-state index contributed by atoms with van der Waals surface area (Å²) in [6.45, 7) is 11.8. The molecule has 0 atom stereocenters. The summed E-state index contributed by atoms with van der Waals surface area (Å²) in [7, 11) is 0. The molecule has 0 spiro atoms. The maximum absolute atomic E-state index is 12.1. The van der Waals surface area contributed by atoms with Gasteiger partial charge >= 0.3 is 0 Å². The molecule has 0 saturated heterocycles. The highest BCUT2D eigenvalue weighted by Crippen LogP contribution is 2.21. The molecule has 0 aromatic heterocycles. The molecule has 0 saturated carbocycles. The van der Waals surface area contributed by atoms with Crippen LogP contribution in [0.5, 0.6) is 0 Å². The fourth-order valence-electron chi connectivity index (χ4n) is 2.33. The van der Waals surface area contributed by atoms with Crippen LogP contribution >= 0.6 is 0 Å². The van der Waals surface area contributed by atoms with Gasteiger partial charge in [-0.05, 0) is 59.6 Å². The van der Waals surface area contributed by atoms with Gasteiger partial charge in [0, 0.05) is 18.7 Å². The molecular formula is C20H34N2O3. The van der Waals surface area contributed by atoms with Crippen LogP contribution in [0.15, 0.2) is 24.3 Å². The molecule has 1 amide bonds. The maximum atomic E-state index is 12.1. The van der Waals surface area contributed by atoms with E-state index in [0.717, 1.165) is 12.1 Å². The van der Waals surface area contributed by atoms with E-state index in [-0.39, 0.29) is 17.1 Å². The fraction of sp³-hybridized carbons (Fsp3) is 0.650. The zero-order valence-corrected chi connectivity index (χ0v) is 16.4. The number of nitrogens with one attached hydrogen (secondary N) is 1. The molecular weight excluding hydrogens is 316 g/mol. The number of anilines is 1. The molecule has 0 radical (unpaired) electrons. The van der Waals surface area contributed by atoms with Crippen molar-refractivity contribution in [2.45, 2.75) is 65.1 Å². The maximum Gasteiger partial charge on any atom is 0.224 e. The van der Waals surface area contributed by atoms with Gasteiger partial charge in [0.15, 0.2) is 0 Å². The van der Waals surface area contributed by atoms with Crippen LogP contribution in [-0.4, -0.2) is 36.9 Å². The van der Waals surface area contributed by atoms with Gasteiger partial charge in [0.1, 0.15) is 0 Å². The SMILES string of the molecule is Cc1ccc(NC(=O)CCC(C)(C)OCCC(C)(C)OCCN)cc1. The van der Waals surface area contributed by atoms with Crippen LogP contribution in [0.2, 0.25) is 0 Å². The monoisotopic (exact) mass is 350 g/mol. The van der Waals surface area contributed by atoms with E-state index >= 15 is 0 Å². The molecule has 1 aromatic carbocycles. The van der Waals surface area contributed by atoms with Crippen molar-refractivity contribution in [2.75, 3.05) is 25.1 Å². The summed E-state index contributed by atoms with van der Waals surface area (Å²) in [5, 5.41) is 2.92. The van der Waals surface area contributed by atoms with Crippen molar-refractivity contribution in [3.8, 4) is 0 Å². The van der Waals surface area contributed by atoms with E-state index in [2.05, 4.69) is 5.32 Å². The lowest BCUT2D eigenvalue weighted by Crippen LogP contribution is -2.32. The Morgan fingerprint density at radius 3 is 2.16 bits per heavy atom. The Hall–Kier alpha value is -1.43. The highest BCUT2D eigenvalue weighted by atomic mass is 16.5. The largest absolute Gasteiger partial charge is 0.375 e. The first kappa shape index (κ1) is 21.6. The number of rotatable bonds is 11. The Balaban J connectivity index is 2.32. The van der Waals surface area contributed by atoms with E-state index in [0.29, 0.717) is 32.6 Å². The summed E-state index contributed by atoms with van der Waals surface area (Å²) in [6.07, 6.45) is 1.87. The summed E-state index contributed by atoms with van der Waals surface area (Å²) >= 11 is 0. The minimum atomic E-state index is -0.353. The molecule has 5 nitrogen and oxygen atoms in total. The Morgan fingerprint density at radius 1 is 1.00 bits per heavy atom. The van der Waals surface area contributed by atoms with Crippen LogP contribution < -0.4 is 11.1 Å². The van der Waals surface area contributed by atoms with Crippen molar-refractivity contribution in [2.24, 2.45) is 5.73 Å². The molecule has 142 valence electrons. The van der Waals surface area contributed by atoms with E-state index in [1.54, 1.807) is 0 Å². The minimum absolute atomic E-state index is 0.00661. The summed E-state index contributed by atoms with van der Waals surface area (Å²) in [5.41, 5.74) is 6.86. The van der Waals surface area contributed by atoms with Gasteiger partial charge in [-0.1, -0.05) is 17.7 Å². The average Bonchev–Trinajstić information content (AvgIpc) is 2.53. The van der Waals surface area contributed by atoms with E-state index in [1.165, 1.54) is 5.56 Å². The molecule has 1 rings (SSSR count). The van der Waals surface area contributed by atoms with Crippen molar-refractivity contribution < 1.29 is 14.3 Å². The van der Waals surface area contributed by atoms with Gasteiger partial charge in [-0.15, -0.1) is 0 Å². The lowest BCUT2D eigenvalue weighted by atomic mass is 10.0. The van der Waals surface area contributed by atoms with E-state index in [9.17, 15) is 4.79 Å². The Kier molecular flexibility index (Phi) is 8.56. The van der Waals surface area contributed by atoms with Crippen LogP contribution in [0, 0.1) is 6.92 Å². The molecule has 0 heterocycles. The topological polar surface area (TPSA) is 73.6 Å². The Morgan fingerprint density at radius 2 is 1.56 bits per heavy atom. The molecule has 0 unspecified atom stereocenters. The average molecular weight is 351 g/mol. The minimum Gasteiger partial charge on any atom is -0.375 e. The lowest BCUT2D eigenvalue weighted by molar-refractivity contribution is -0.118. The van der Waals surface area contributed by atoms with Gasteiger partial charge in [-0.25, -0.2) is 0 Å². The third-order valence-electron chi connectivity index (χ3n) is 4.10. The van der Waals surface area contributed by atoms with Gasteiger partial charge in [-0.3, -0.25) is 4.79 Å². The number of hydrogen-bond donors (Lipinski definition) is 2. The van der Waals surface area contributed by atoms with Crippen molar-refractivity contribution in [1.29, 1.82) is 0 Å². The summed E-state index contributed by atoms with van der Waals surface area (Å²) in [5.74, 6) is 0.00661. The highest BCUT2D eigenvalue weighted by Gasteiger charge is 2.23. The van der Waals surface area contributed by atoms with Crippen molar-refractivity contribution >= 4 is 11.6 Å². The first-order valence-corrected chi connectivity index (χ1v) is 8.98. The molecule has 0 aliphatic carbocycles. The summed E-state index contributed by atoms with van der Waals surface area (Å²) < 4.78 is 11.7. The predicted molar refractivity (Wildman–Crippen MR) is 103 cm³/mol. The number of benzene rings is 1. The first-order chi connectivity index (χ1) is 11.6. The first-order valence-electron chi connectivity index (χ1n) is 8.98. The molecule has 0 aliphatic heterocycles. The van der Waals surface area contributed by atoms with Crippen LogP contribution in [0.1, 0.15) is 52.5 Å². The lowest BCUT2D eigenvalue weighted by Gasteiger charge is -2.29. The number of ether oxygens (including phenoxy) is 2. The standard InChI is InChI=1S/C20H34N2O3/c1-16-6-8-17(9-7-16)22-18(23)10-11-19(2,3)24-14-12-20(4,5)25-15-13-21/h6-9H,10-15,21H2,1-5H3,(H,22,23). The molecule has 0 aliphatic rings.